The Morgan fingerprint density at radius 2 is 2.00 bits per heavy atom. The van der Waals surface area contributed by atoms with Gasteiger partial charge in [0.2, 0.25) is 0 Å². The van der Waals surface area contributed by atoms with Crippen molar-refractivity contribution in [2.45, 2.75) is 63.6 Å². The number of hydrogen-bond donors (Lipinski definition) is 2. The van der Waals surface area contributed by atoms with Crippen molar-refractivity contribution in [2.24, 2.45) is 11.1 Å². The zero-order valence-corrected chi connectivity index (χ0v) is 10.4. The van der Waals surface area contributed by atoms with Crippen LogP contribution in [-0.2, 0) is 4.74 Å². The molecule has 0 amide bonds. The van der Waals surface area contributed by atoms with Gasteiger partial charge in [-0.05, 0) is 19.3 Å². The Morgan fingerprint density at radius 3 is 2.56 bits per heavy atom. The van der Waals surface area contributed by atoms with Gasteiger partial charge in [-0.15, -0.1) is 0 Å². The first-order chi connectivity index (χ1) is 7.66. The van der Waals surface area contributed by atoms with Gasteiger partial charge in [-0.2, -0.15) is 0 Å². The summed E-state index contributed by atoms with van der Waals surface area (Å²) < 4.78 is 5.67. The van der Waals surface area contributed by atoms with Gasteiger partial charge in [0.05, 0.1) is 11.7 Å². The van der Waals surface area contributed by atoms with Gasteiger partial charge in [0.15, 0.2) is 0 Å². The summed E-state index contributed by atoms with van der Waals surface area (Å²) in [5.74, 6) is 0. The summed E-state index contributed by atoms with van der Waals surface area (Å²) >= 11 is 0. The number of hydrogen-bond acceptors (Lipinski definition) is 3. The molecule has 2 unspecified atom stereocenters. The van der Waals surface area contributed by atoms with E-state index in [-0.39, 0.29) is 11.5 Å². The molecule has 0 bridgehead atoms. The van der Waals surface area contributed by atoms with Crippen LogP contribution in [0, 0.1) is 5.41 Å². The van der Waals surface area contributed by atoms with Gasteiger partial charge in [0.1, 0.15) is 0 Å². The molecule has 1 saturated carbocycles. The van der Waals surface area contributed by atoms with Crippen molar-refractivity contribution in [2.75, 3.05) is 13.2 Å². The highest BCUT2D eigenvalue weighted by molar-refractivity contribution is 5.04. The molecule has 0 aromatic carbocycles. The fourth-order valence-electron chi connectivity index (χ4n) is 3.59. The molecule has 3 heteroatoms. The molecule has 0 spiro atoms. The van der Waals surface area contributed by atoms with E-state index in [2.05, 4.69) is 6.92 Å². The monoisotopic (exact) mass is 227 g/mol. The van der Waals surface area contributed by atoms with Crippen molar-refractivity contribution >= 4 is 0 Å². The van der Waals surface area contributed by atoms with Crippen LogP contribution in [-0.4, -0.2) is 30.0 Å². The highest BCUT2D eigenvalue weighted by Gasteiger charge is 2.52. The van der Waals surface area contributed by atoms with Crippen molar-refractivity contribution in [3.05, 3.63) is 0 Å². The van der Waals surface area contributed by atoms with E-state index >= 15 is 0 Å². The molecule has 0 aromatic rings. The Labute approximate surface area is 98.4 Å². The van der Waals surface area contributed by atoms with E-state index < -0.39 is 5.60 Å². The molecule has 2 fully saturated rings. The lowest BCUT2D eigenvalue weighted by Gasteiger charge is -2.49. The fraction of sp³-hybridized carbons (Fsp3) is 1.00. The van der Waals surface area contributed by atoms with Crippen molar-refractivity contribution in [3.63, 3.8) is 0 Å². The van der Waals surface area contributed by atoms with Crippen LogP contribution in [0.4, 0.5) is 0 Å². The van der Waals surface area contributed by atoms with E-state index in [1.165, 1.54) is 12.8 Å². The Balaban J connectivity index is 2.15. The minimum Gasteiger partial charge on any atom is -0.389 e. The Hall–Kier alpha value is -0.120. The van der Waals surface area contributed by atoms with E-state index in [4.69, 9.17) is 10.5 Å². The summed E-state index contributed by atoms with van der Waals surface area (Å²) in [6.45, 7) is 3.44. The zero-order chi connectivity index (χ0) is 11.6. The minimum atomic E-state index is -0.572. The van der Waals surface area contributed by atoms with Gasteiger partial charge < -0.3 is 15.6 Å². The maximum Gasteiger partial charge on any atom is 0.0762 e. The molecule has 2 atom stereocenters. The van der Waals surface area contributed by atoms with Crippen LogP contribution in [0.15, 0.2) is 0 Å². The van der Waals surface area contributed by atoms with Gasteiger partial charge in [-0.25, -0.2) is 0 Å². The van der Waals surface area contributed by atoms with Gasteiger partial charge in [-0.3, -0.25) is 0 Å². The summed E-state index contributed by atoms with van der Waals surface area (Å²) in [6, 6.07) is 0. The first-order valence-corrected chi connectivity index (χ1v) is 6.70. The quantitative estimate of drug-likeness (QED) is 0.773. The standard InChI is InChI=1S/C13H25NO2/c1-2-11-9-13(15,7-8-16-11)12(10-14)5-3-4-6-12/h11,15H,2-10,14H2,1H3. The third kappa shape index (κ3) is 1.89. The SMILES string of the molecule is CCC1CC(O)(C2(CN)CCCC2)CCO1. The smallest absolute Gasteiger partial charge is 0.0762 e. The minimum absolute atomic E-state index is 0.0236. The third-order valence-electron chi connectivity index (χ3n) is 4.83. The summed E-state index contributed by atoms with van der Waals surface area (Å²) in [6.07, 6.45) is 7.38. The Kier molecular flexibility index (Phi) is 3.57. The second-order valence-electron chi connectivity index (χ2n) is 5.58. The molecule has 0 aromatic heterocycles. The number of ether oxygens (including phenoxy) is 1. The summed E-state index contributed by atoms with van der Waals surface area (Å²) in [7, 11) is 0. The van der Waals surface area contributed by atoms with Crippen LogP contribution < -0.4 is 5.73 Å². The molecule has 0 radical (unpaired) electrons. The van der Waals surface area contributed by atoms with E-state index in [9.17, 15) is 5.11 Å². The molecule has 1 heterocycles. The molecular weight excluding hydrogens is 202 g/mol. The average molecular weight is 227 g/mol. The molecule has 1 saturated heterocycles. The highest BCUT2D eigenvalue weighted by atomic mass is 16.5. The second kappa shape index (κ2) is 4.63. The molecule has 2 rings (SSSR count). The lowest BCUT2D eigenvalue weighted by atomic mass is 9.65. The maximum atomic E-state index is 11.0. The number of nitrogens with two attached hydrogens (primary N) is 1. The van der Waals surface area contributed by atoms with E-state index in [0.29, 0.717) is 13.2 Å². The predicted molar refractivity (Wildman–Crippen MR) is 64.2 cm³/mol. The maximum absolute atomic E-state index is 11.0. The molecule has 94 valence electrons. The van der Waals surface area contributed by atoms with Gasteiger partial charge in [0, 0.05) is 31.4 Å². The largest absolute Gasteiger partial charge is 0.389 e. The number of aliphatic hydroxyl groups is 1. The van der Waals surface area contributed by atoms with E-state index in [0.717, 1.165) is 32.1 Å². The van der Waals surface area contributed by atoms with Gasteiger partial charge in [-0.1, -0.05) is 19.8 Å². The van der Waals surface area contributed by atoms with Crippen molar-refractivity contribution in [1.29, 1.82) is 0 Å². The summed E-state index contributed by atoms with van der Waals surface area (Å²) in [5, 5.41) is 11.0. The van der Waals surface area contributed by atoms with Crippen molar-refractivity contribution < 1.29 is 9.84 Å². The first kappa shape index (κ1) is 12.3. The topological polar surface area (TPSA) is 55.5 Å². The van der Waals surface area contributed by atoms with Crippen LogP contribution in [0.3, 0.4) is 0 Å². The molecule has 1 aliphatic heterocycles. The van der Waals surface area contributed by atoms with E-state index in [1.807, 2.05) is 0 Å². The van der Waals surface area contributed by atoms with Crippen molar-refractivity contribution in [3.8, 4) is 0 Å². The lowest BCUT2D eigenvalue weighted by Crippen LogP contribution is -2.55. The van der Waals surface area contributed by atoms with Crippen LogP contribution in [0.25, 0.3) is 0 Å². The van der Waals surface area contributed by atoms with Crippen LogP contribution in [0.2, 0.25) is 0 Å². The fourth-order valence-corrected chi connectivity index (χ4v) is 3.59. The van der Waals surface area contributed by atoms with E-state index in [1.54, 1.807) is 0 Å². The number of rotatable bonds is 3. The normalized spacial score (nSPS) is 38.8. The van der Waals surface area contributed by atoms with Gasteiger partial charge in [0.25, 0.3) is 0 Å². The second-order valence-corrected chi connectivity index (χ2v) is 5.58. The summed E-state index contributed by atoms with van der Waals surface area (Å²) in [5.41, 5.74) is 5.38. The zero-order valence-electron chi connectivity index (χ0n) is 10.4. The highest BCUT2D eigenvalue weighted by Crippen LogP contribution is 2.50. The Morgan fingerprint density at radius 1 is 1.31 bits per heavy atom. The average Bonchev–Trinajstić information content (AvgIpc) is 2.79. The molecule has 1 aliphatic carbocycles. The van der Waals surface area contributed by atoms with Gasteiger partial charge >= 0.3 is 0 Å². The molecule has 3 N–H and O–H groups in total. The first-order valence-electron chi connectivity index (χ1n) is 6.70. The van der Waals surface area contributed by atoms with Crippen LogP contribution >= 0.6 is 0 Å². The Bertz CT molecular complexity index is 238. The molecule has 16 heavy (non-hydrogen) atoms. The van der Waals surface area contributed by atoms with Crippen molar-refractivity contribution in [1.82, 2.24) is 0 Å². The predicted octanol–water partition coefficient (Wildman–Crippen LogP) is 1.83. The molecule has 3 nitrogen and oxygen atoms in total. The summed E-state index contributed by atoms with van der Waals surface area (Å²) in [4.78, 5) is 0. The van der Waals surface area contributed by atoms with Crippen LogP contribution in [0.1, 0.15) is 51.9 Å². The molecular formula is C13H25NO2. The van der Waals surface area contributed by atoms with Crippen LogP contribution in [0.5, 0.6) is 0 Å². The molecule has 2 aliphatic rings. The lowest BCUT2D eigenvalue weighted by molar-refractivity contribution is -0.164. The third-order valence-corrected chi connectivity index (χ3v) is 4.83.